The highest BCUT2D eigenvalue weighted by Crippen LogP contribution is 2.42. The van der Waals surface area contributed by atoms with Crippen LogP contribution in [0.5, 0.6) is 5.75 Å². The number of esters is 1. The first kappa shape index (κ1) is 26.5. The van der Waals surface area contributed by atoms with E-state index in [-0.39, 0.29) is 30.3 Å². The maximum absolute atomic E-state index is 13.6. The van der Waals surface area contributed by atoms with E-state index in [1.54, 1.807) is 0 Å². The van der Waals surface area contributed by atoms with E-state index in [4.69, 9.17) is 21.1 Å². The molecule has 1 atom stereocenters. The van der Waals surface area contributed by atoms with Crippen LogP contribution in [0.25, 0.3) is 6.08 Å². The van der Waals surface area contributed by atoms with Gasteiger partial charge in [-0.3, -0.25) is 0 Å². The third kappa shape index (κ3) is 7.38. The van der Waals surface area contributed by atoms with Crippen molar-refractivity contribution in [3.8, 4) is 5.75 Å². The van der Waals surface area contributed by atoms with Crippen LogP contribution in [0, 0.1) is 10.1 Å². The Morgan fingerprint density at radius 3 is 2.41 bits per heavy atom. The summed E-state index contributed by atoms with van der Waals surface area (Å²) in [6.45, 7) is 5.37. The van der Waals surface area contributed by atoms with Gasteiger partial charge in [-0.2, -0.15) is 13.2 Å². The van der Waals surface area contributed by atoms with E-state index in [1.165, 1.54) is 33.7 Å². The zero-order valence-electron chi connectivity index (χ0n) is 17.4. The van der Waals surface area contributed by atoms with Crippen molar-refractivity contribution in [3.05, 3.63) is 44.0 Å². The largest absolute Gasteiger partial charge is 0.475 e. The van der Waals surface area contributed by atoms with Crippen molar-refractivity contribution < 1.29 is 37.4 Å². The third-order valence-corrected chi connectivity index (χ3v) is 6.77. The van der Waals surface area contributed by atoms with Gasteiger partial charge in [-0.25, -0.2) is 4.79 Å². The molecule has 1 aromatic carbocycles. The normalized spacial score (nSPS) is 16.0. The number of fused-ring (bicyclic) bond motifs is 1. The molecule has 1 aliphatic heterocycles. The molecule has 1 heterocycles. The molecule has 32 heavy (non-hydrogen) atoms. The predicted octanol–water partition coefficient (Wildman–Crippen LogP) is 5.48. The van der Waals surface area contributed by atoms with Gasteiger partial charge in [-0.05, 0) is 29.2 Å². The van der Waals surface area contributed by atoms with Crippen molar-refractivity contribution in [1.82, 2.24) is 0 Å². The van der Waals surface area contributed by atoms with Gasteiger partial charge in [0.15, 0.2) is 0 Å². The zero-order chi connectivity index (χ0) is 24.1. The Hall–Kier alpha value is -1.79. The van der Waals surface area contributed by atoms with Crippen LogP contribution >= 0.6 is 33.2 Å². The second kappa shape index (κ2) is 10.9. The number of carbonyl (C=O) groups is 1. The summed E-state index contributed by atoms with van der Waals surface area (Å²) < 4.78 is 51.0. The topological polar surface area (TPSA) is 87.9 Å². The first-order chi connectivity index (χ1) is 14.8. The molecule has 0 fully saturated rings. The molecule has 178 valence electrons. The van der Waals surface area contributed by atoms with E-state index in [1.807, 2.05) is 20.8 Å². The van der Waals surface area contributed by atoms with Gasteiger partial charge >= 0.3 is 12.1 Å². The highest BCUT2D eigenvalue weighted by Gasteiger charge is 2.49. The molecule has 7 nitrogen and oxygen atoms in total. The number of ether oxygens (including phenoxy) is 2. The monoisotopic (exact) mass is 515 g/mol. The van der Waals surface area contributed by atoms with Crippen molar-refractivity contribution in [3.63, 3.8) is 0 Å². The molecule has 0 aromatic heterocycles. The lowest BCUT2D eigenvalue weighted by Crippen LogP contribution is -2.41. The van der Waals surface area contributed by atoms with E-state index in [9.17, 15) is 28.1 Å². The number of rotatable bonds is 9. The van der Waals surface area contributed by atoms with Crippen LogP contribution in [-0.2, 0) is 19.8 Å². The average Bonchev–Trinajstić information content (AvgIpc) is 2.66. The van der Waals surface area contributed by atoms with Gasteiger partial charge in [0, 0.05) is 22.1 Å². The first-order valence-electron chi connectivity index (χ1n) is 9.28. The molecule has 1 aromatic rings. The number of hydrogen-bond acceptors (Lipinski definition) is 8. The number of halogens is 4. The van der Waals surface area contributed by atoms with Crippen molar-refractivity contribution in [1.29, 1.82) is 0 Å². The Morgan fingerprint density at radius 1 is 1.22 bits per heavy atom. The fraction of sp³-hybridized carbons (Fsp3) is 0.526. The number of nitrogens with zero attached hydrogens (tertiary/aromatic N) is 1. The SMILES string of the molecule is CC(C)(C)c1cc2c(cc1Cl)C=C(C(=O)OCCSSCCO[N+](=O)[O-])[C@@H](C(F)(F)F)O2. The molecule has 0 radical (unpaired) electrons. The van der Waals surface area contributed by atoms with E-state index in [2.05, 4.69) is 4.84 Å². The first-order valence-corrected chi connectivity index (χ1v) is 12.1. The van der Waals surface area contributed by atoms with E-state index in [0.29, 0.717) is 16.3 Å². The van der Waals surface area contributed by atoms with Gasteiger partial charge in [-0.15, -0.1) is 10.1 Å². The van der Waals surface area contributed by atoms with Crippen LogP contribution < -0.4 is 4.74 Å². The molecule has 0 spiro atoms. The minimum atomic E-state index is -4.83. The summed E-state index contributed by atoms with van der Waals surface area (Å²) in [5.41, 5.74) is -0.207. The van der Waals surface area contributed by atoms with E-state index < -0.39 is 34.3 Å². The minimum absolute atomic E-state index is 0.0119. The van der Waals surface area contributed by atoms with Crippen molar-refractivity contribution >= 4 is 45.2 Å². The van der Waals surface area contributed by atoms with Crippen LogP contribution in [0.2, 0.25) is 5.02 Å². The van der Waals surface area contributed by atoms with Gasteiger partial charge in [0.05, 0.1) is 5.57 Å². The standard InChI is InChI=1S/C19H21ClF3NO6S2/c1-18(2,3)13-10-15-11(9-14(13)20)8-12(16(30-15)19(21,22)23)17(25)28-4-6-31-32-7-5-29-24(26)27/h8-10,16H,4-7H2,1-3H3/t16-/m0/s1. The van der Waals surface area contributed by atoms with Crippen LogP contribution in [0.1, 0.15) is 31.9 Å². The lowest BCUT2D eigenvalue weighted by molar-refractivity contribution is -0.756. The summed E-state index contributed by atoms with van der Waals surface area (Å²) in [4.78, 5) is 26.5. The summed E-state index contributed by atoms with van der Waals surface area (Å²) in [5.74, 6) is -0.557. The zero-order valence-corrected chi connectivity index (χ0v) is 19.8. The maximum atomic E-state index is 13.6. The Morgan fingerprint density at radius 2 is 1.84 bits per heavy atom. The average molecular weight is 516 g/mol. The smallest absolute Gasteiger partial charge is 0.430 e. The van der Waals surface area contributed by atoms with Gasteiger partial charge in [0.2, 0.25) is 6.10 Å². The predicted molar refractivity (Wildman–Crippen MR) is 117 cm³/mol. The Bertz CT molecular complexity index is 889. The molecule has 0 N–H and O–H groups in total. The van der Waals surface area contributed by atoms with Gasteiger partial charge in [-0.1, -0.05) is 54.0 Å². The van der Waals surface area contributed by atoms with Crippen molar-refractivity contribution in [2.24, 2.45) is 0 Å². The summed E-state index contributed by atoms with van der Waals surface area (Å²) in [6.07, 6.45) is -6.20. The van der Waals surface area contributed by atoms with Gasteiger partial charge in [0.25, 0.3) is 5.09 Å². The molecule has 1 aliphatic rings. The van der Waals surface area contributed by atoms with Crippen LogP contribution in [0.15, 0.2) is 17.7 Å². The van der Waals surface area contributed by atoms with Crippen molar-refractivity contribution in [2.45, 2.75) is 38.5 Å². The molecule has 13 heteroatoms. The Balaban J connectivity index is 2.07. The number of benzene rings is 1. The molecule has 0 unspecified atom stereocenters. The molecule has 0 saturated heterocycles. The summed E-state index contributed by atoms with van der Waals surface area (Å²) in [6, 6.07) is 2.93. The summed E-state index contributed by atoms with van der Waals surface area (Å²) in [5, 5.41) is 9.47. The van der Waals surface area contributed by atoms with Crippen molar-refractivity contribution in [2.75, 3.05) is 24.7 Å². The summed E-state index contributed by atoms with van der Waals surface area (Å²) >= 11 is 6.30. The van der Waals surface area contributed by atoms with Gasteiger partial charge in [0.1, 0.15) is 19.0 Å². The second-order valence-corrected chi connectivity index (χ2v) is 10.7. The number of hydrogen-bond donors (Lipinski definition) is 0. The van der Waals surface area contributed by atoms with E-state index >= 15 is 0 Å². The second-order valence-electron chi connectivity index (χ2n) is 7.60. The van der Waals surface area contributed by atoms with E-state index in [0.717, 1.165) is 6.08 Å². The maximum Gasteiger partial charge on any atom is 0.430 e. The molecule has 0 amide bonds. The van der Waals surface area contributed by atoms with Crippen LogP contribution in [-0.4, -0.2) is 48.1 Å². The highest BCUT2D eigenvalue weighted by atomic mass is 35.5. The molecular formula is C19H21ClF3NO6S2. The minimum Gasteiger partial charge on any atom is -0.475 e. The molecule has 0 bridgehead atoms. The Labute approximate surface area is 195 Å². The Kier molecular flexibility index (Phi) is 9.00. The lowest BCUT2D eigenvalue weighted by atomic mass is 9.85. The number of alkyl halides is 3. The molecule has 0 aliphatic carbocycles. The fourth-order valence-electron chi connectivity index (χ4n) is 2.72. The third-order valence-electron chi connectivity index (χ3n) is 4.13. The number of carbonyl (C=O) groups excluding carboxylic acids is 1. The lowest BCUT2D eigenvalue weighted by Gasteiger charge is -2.30. The quantitative estimate of drug-likeness (QED) is 0.140. The summed E-state index contributed by atoms with van der Waals surface area (Å²) in [7, 11) is 2.49. The van der Waals surface area contributed by atoms with Crippen LogP contribution in [0.4, 0.5) is 13.2 Å². The highest BCUT2D eigenvalue weighted by molar-refractivity contribution is 8.76. The van der Waals surface area contributed by atoms with Crippen LogP contribution in [0.3, 0.4) is 0 Å². The molecule has 0 saturated carbocycles. The molecule has 2 rings (SSSR count). The van der Waals surface area contributed by atoms with Gasteiger partial charge < -0.3 is 14.3 Å². The fourth-order valence-corrected chi connectivity index (χ4v) is 4.82. The molecular weight excluding hydrogens is 495 g/mol.